The monoisotopic (exact) mass is 260 g/mol. The maximum Gasteiger partial charge on any atom is 0.330 e. The molecule has 1 aromatic rings. The van der Waals surface area contributed by atoms with Gasteiger partial charge >= 0.3 is 12.0 Å². The Bertz CT molecular complexity index is 537. The van der Waals surface area contributed by atoms with E-state index < -0.39 is 0 Å². The molecule has 1 N–H and O–H groups in total. The third-order valence-corrected chi connectivity index (χ3v) is 2.98. The Labute approximate surface area is 111 Å². The molecule has 1 heterocycles. The molecule has 0 atom stereocenters. The van der Waals surface area contributed by atoms with Crippen LogP contribution < -0.4 is 10.2 Å². The number of urea groups is 1. The van der Waals surface area contributed by atoms with E-state index in [1.54, 1.807) is 11.0 Å². The van der Waals surface area contributed by atoms with Gasteiger partial charge in [-0.1, -0.05) is 6.07 Å². The van der Waals surface area contributed by atoms with Crippen LogP contribution in [0.15, 0.2) is 24.3 Å². The summed E-state index contributed by atoms with van der Waals surface area (Å²) in [6.45, 7) is 3.29. The van der Waals surface area contributed by atoms with Gasteiger partial charge in [0.25, 0.3) is 0 Å². The normalized spacial score (nSPS) is 14.8. The lowest BCUT2D eigenvalue weighted by Crippen LogP contribution is -2.28. The third-order valence-electron chi connectivity index (χ3n) is 2.98. The molecule has 0 unspecified atom stereocenters. The minimum absolute atomic E-state index is 0.0686. The average Bonchev–Trinajstić information content (AvgIpc) is 2.82. The van der Waals surface area contributed by atoms with Gasteiger partial charge in [0.15, 0.2) is 0 Å². The molecule has 0 saturated carbocycles. The molecule has 1 aromatic carbocycles. The standard InChI is InChI=1S/C14H16N2O3/c1-10-9-11(4-6-13(17)19-2)3-5-12(10)16-8-7-15-14(16)18/h3-6,9H,7-8H2,1-2H3,(H,15,18). The highest BCUT2D eigenvalue weighted by molar-refractivity contribution is 5.95. The number of ether oxygens (including phenoxy) is 1. The van der Waals surface area contributed by atoms with E-state index in [2.05, 4.69) is 10.1 Å². The van der Waals surface area contributed by atoms with Gasteiger partial charge in [0, 0.05) is 24.9 Å². The largest absolute Gasteiger partial charge is 0.466 e. The van der Waals surface area contributed by atoms with Crippen molar-refractivity contribution in [1.82, 2.24) is 5.32 Å². The summed E-state index contributed by atoms with van der Waals surface area (Å²) in [7, 11) is 1.34. The number of carbonyl (C=O) groups is 2. The molecule has 5 nitrogen and oxygen atoms in total. The molecule has 0 aromatic heterocycles. The first kappa shape index (κ1) is 13.1. The van der Waals surface area contributed by atoms with Crippen molar-refractivity contribution in [2.75, 3.05) is 25.1 Å². The van der Waals surface area contributed by atoms with Crippen LogP contribution in [-0.2, 0) is 9.53 Å². The summed E-state index contributed by atoms with van der Waals surface area (Å²) in [6, 6.07) is 5.62. The summed E-state index contributed by atoms with van der Waals surface area (Å²) in [5.74, 6) is -0.388. The first-order chi connectivity index (χ1) is 9.11. The van der Waals surface area contributed by atoms with Crippen molar-refractivity contribution in [3.05, 3.63) is 35.4 Å². The number of hydrogen-bond acceptors (Lipinski definition) is 3. The molecule has 5 heteroatoms. The van der Waals surface area contributed by atoms with Crippen molar-refractivity contribution in [3.8, 4) is 0 Å². The van der Waals surface area contributed by atoms with Crippen molar-refractivity contribution in [2.24, 2.45) is 0 Å². The Hall–Kier alpha value is -2.30. The first-order valence-corrected chi connectivity index (χ1v) is 6.04. The molecule has 1 fully saturated rings. The van der Waals surface area contributed by atoms with Crippen molar-refractivity contribution < 1.29 is 14.3 Å². The van der Waals surface area contributed by atoms with Gasteiger partial charge in [0.1, 0.15) is 0 Å². The molecule has 19 heavy (non-hydrogen) atoms. The van der Waals surface area contributed by atoms with Crippen LogP contribution in [0.1, 0.15) is 11.1 Å². The molecule has 100 valence electrons. The number of hydrogen-bond donors (Lipinski definition) is 1. The molecule has 0 aliphatic carbocycles. The Kier molecular flexibility index (Phi) is 3.85. The highest BCUT2D eigenvalue weighted by Crippen LogP contribution is 2.23. The van der Waals surface area contributed by atoms with Crippen molar-refractivity contribution in [1.29, 1.82) is 0 Å². The number of aryl methyl sites for hydroxylation is 1. The van der Waals surface area contributed by atoms with Crippen LogP contribution in [0.5, 0.6) is 0 Å². The third kappa shape index (κ3) is 2.93. The zero-order valence-corrected chi connectivity index (χ0v) is 11.0. The summed E-state index contributed by atoms with van der Waals surface area (Å²) in [6.07, 6.45) is 3.06. The summed E-state index contributed by atoms with van der Waals surface area (Å²) >= 11 is 0. The number of carbonyl (C=O) groups excluding carboxylic acids is 2. The summed E-state index contributed by atoms with van der Waals surface area (Å²) in [4.78, 5) is 24.3. The summed E-state index contributed by atoms with van der Waals surface area (Å²) in [5.41, 5.74) is 2.78. The van der Waals surface area contributed by atoms with E-state index in [9.17, 15) is 9.59 Å². The quantitative estimate of drug-likeness (QED) is 0.665. The fraction of sp³-hybridized carbons (Fsp3) is 0.286. The van der Waals surface area contributed by atoms with Crippen LogP contribution in [0.2, 0.25) is 0 Å². The Morgan fingerprint density at radius 1 is 1.47 bits per heavy atom. The number of amides is 2. The topological polar surface area (TPSA) is 58.6 Å². The molecular formula is C14H16N2O3. The van der Waals surface area contributed by atoms with Crippen LogP contribution in [0, 0.1) is 6.92 Å². The predicted octanol–water partition coefficient (Wildman–Crippen LogP) is 1.71. The van der Waals surface area contributed by atoms with Gasteiger partial charge in [-0.3, -0.25) is 4.90 Å². The van der Waals surface area contributed by atoms with Crippen LogP contribution in [0.25, 0.3) is 6.08 Å². The summed E-state index contributed by atoms with van der Waals surface area (Å²) in [5, 5.41) is 2.77. The van der Waals surface area contributed by atoms with E-state index in [1.165, 1.54) is 13.2 Å². The smallest absolute Gasteiger partial charge is 0.330 e. The van der Waals surface area contributed by atoms with E-state index in [0.717, 1.165) is 16.8 Å². The highest BCUT2D eigenvalue weighted by atomic mass is 16.5. The lowest BCUT2D eigenvalue weighted by molar-refractivity contribution is -0.134. The van der Waals surface area contributed by atoms with E-state index in [-0.39, 0.29) is 12.0 Å². The lowest BCUT2D eigenvalue weighted by atomic mass is 10.1. The van der Waals surface area contributed by atoms with Gasteiger partial charge < -0.3 is 10.1 Å². The van der Waals surface area contributed by atoms with Gasteiger partial charge in [-0.15, -0.1) is 0 Å². The molecule has 1 saturated heterocycles. The Morgan fingerprint density at radius 2 is 2.26 bits per heavy atom. The fourth-order valence-electron chi connectivity index (χ4n) is 2.02. The number of benzene rings is 1. The minimum Gasteiger partial charge on any atom is -0.466 e. The molecule has 0 bridgehead atoms. The fourth-order valence-corrected chi connectivity index (χ4v) is 2.02. The maximum absolute atomic E-state index is 11.6. The van der Waals surface area contributed by atoms with Crippen LogP contribution in [0.4, 0.5) is 10.5 Å². The number of rotatable bonds is 3. The van der Waals surface area contributed by atoms with Gasteiger partial charge in [-0.25, -0.2) is 9.59 Å². The minimum atomic E-state index is -0.388. The molecule has 0 spiro atoms. The zero-order valence-electron chi connectivity index (χ0n) is 11.0. The predicted molar refractivity (Wildman–Crippen MR) is 73.0 cm³/mol. The van der Waals surface area contributed by atoms with Gasteiger partial charge in [0.2, 0.25) is 0 Å². The maximum atomic E-state index is 11.6. The summed E-state index contributed by atoms with van der Waals surface area (Å²) < 4.78 is 4.53. The molecular weight excluding hydrogens is 244 g/mol. The number of nitrogens with zero attached hydrogens (tertiary/aromatic N) is 1. The van der Waals surface area contributed by atoms with Crippen LogP contribution in [0.3, 0.4) is 0 Å². The number of nitrogens with one attached hydrogen (secondary N) is 1. The zero-order chi connectivity index (χ0) is 13.8. The van der Waals surface area contributed by atoms with Crippen molar-refractivity contribution >= 4 is 23.8 Å². The average molecular weight is 260 g/mol. The Balaban J connectivity index is 2.20. The van der Waals surface area contributed by atoms with Crippen LogP contribution >= 0.6 is 0 Å². The number of methoxy groups -OCH3 is 1. The van der Waals surface area contributed by atoms with E-state index in [1.807, 2.05) is 25.1 Å². The Morgan fingerprint density at radius 3 is 2.84 bits per heavy atom. The van der Waals surface area contributed by atoms with Gasteiger partial charge in [-0.2, -0.15) is 0 Å². The van der Waals surface area contributed by atoms with E-state index in [0.29, 0.717) is 13.1 Å². The van der Waals surface area contributed by atoms with Gasteiger partial charge in [0.05, 0.1) is 7.11 Å². The molecule has 1 aliphatic heterocycles. The molecule has 0 radical (unpaired) electrons. The van der Waals surface area contributed by atoms with E-state index in [4.69, 9.17) is 0 Å². The van der Waals surface area contributed by atoms with Crippen molar-refractivity contribution in [2.45, 2.75) is 6.92 Å². The molecule has 2 amide bonds. The second kappa shape index (κ2) is 5.56. The van der Waals surface area contributed by atoms with E-state index >= 15 is 0 Å². The van der Waals surface area contributed by atoms with Crippen molar-refractivity contribution in [3.63, 3.8) is 0 Å². The SMILES string of the molecule is COC(=O)C=Cc1ccc(N2CCNC2=O)c(C)c1. The van der Waals surface area contributed by atoms with Crippen LogP contribution in [-0.4, -0.2) is 32.2 Å². The van der Waals surface area contributed by atoms with Gasteiger partial charge in [-0.05, 0) is 36.3 Å². The highest BCUT2D eigenvalue weighted by Gasteiger charge is 2.22. The molecule has 2 rings (SSSR count). The first-order valence-electron chi connectivity index (χ1n) is 6.04. The lowest BCUT2D eigenvalue weighted by Gasteiger charge is -2.17. The molecule has 1 aliphatic rings. The second-order valence-corrected chi connectivity index (χ2v) is 4.29. The second-order valence-electron chi connectivity index (χ2n) is 4.29. The number of anilines is 1. The number of esters is 1.